The smallest absolute Gasteiger partial charge is 0.0292 e. The first-order chi connectivity index (χ1) is 6.03. The average Bonchev–Trinajstić information content (AvgIpc) is 2.40. The van der Waals surface area contributed by atoms with Crippen molar-refractivity contribution >= 4 is 0 Å². The number of likely N-dealkylation sites (tertiary alicyclic amines) is 2. The summed E-state index contributed by atoms with van der Waals surface area (Å²) in [5.41, 5.74) is 0.582. The van der Waals surface area contributed by atoms with Gasteiger partial charge in [0.05, 0.1) is 0 Å². The van der Waals surface area contributed by atoms with Crippen LogP contribution in [0, 0.1) is 5.41 Å². The lowest BCUT2D eigenvalue weighted by molar-refractivity contribution is 0.172. The van der Waals surface area contributed by atoms with E-state index in [2.05, 4.69) is 37.6 Å². The number of hydrogen-bond donors (Lipinski definition) is 0. The van der Waals surface area contributed by atoms with Crippen LogP contribution in [0.4, 0.5) is 0 Å². The van der Waals surface area contributed by atoms with Gasteiger partial charge in [0, 0.05) is 25.2 Å². The number of fused-ring (bicyclic) bond motifs is 1. The Morgan fingerprint density at radius 2 is 2.08 bits per heavy atom. The number of rotatable bonds is 1. The van der Waals surface area contributed by atoms with Gasteiger partial charge in [-0.1, -0.05) is 6.92 Å². The second-order valence-corrected chi connectivity index (χ2v) is 5.45. The van der Waals surface area contributed by atoms with Crippen LogP contribution in [0.2, 0.25) is 0 Å². The molecule has 2 nitrogen and oxygen atoms in total. The Labute approximate surface area is 81.9 Å². The van der Waals surface area contributed by atoms with Crippen molar-refractivity contribution in [2.75, 3.05) is 26.7 Å². The predicted octanol–water partition coefficient (Wildman–Crippen LogP) is 1.42. The highest BCUT2D eigenvalue weighted by atomic mass is 15.3. The molecule has 0 spiro atoms. The van der Waals surface area contributed by atoms with Gasteiger partial charge in [0.15, 0.2) is 0 Å². The van der Waals surface area contributed by atoms with E-state index in [-0.39, 0.29) is 0 Å². The summed E-state index contributed by atoms with van der Waals surface area (Å²) in [6, 6.07) is 1.54. The van der Waals surface area contributed by atoms with Crippen molar-refractivity contribution in [3.8, 4) is 0 Å². The molecule has 0 saturated carbocycles. The number of hydrogen-bond acceptors (Lipinski definition) is 2. The molecule has 2 saturated heterocycles. The molecule has 2 aliphatic heterocycles. The fourth-order valence-electron chi connectivity index (χ4n) is 3.21. The summed E-state index contributed by atoms with van der Waals surface area (Å²) in [6.07, 6.45) is 1.39. The normalized spacial score (nSPS) is 41.8. The van der Waals surface area contributed by atoms with E-state index < -0.39 is 0 Å². The maximum absolute atomic E-state index is 2.68. The molecular weight excluding hydrogens is 160 g/mol. The molecular formula is C11H22N2. The minimum atomic E-state index is 0.582. The molecule has 0 aromatic rings. The van der Waals surface area contributed by atoms with Gasteiger partial charge < -0.3 is 4.90 Å². The van der Waals surface area contributed by atoms with Gasteiger partial charge in [-0.15, -0.1) is 0 Å². The Morgan fingerprint density at radius 3 is 2.69 bits per heavy atom. The molecule has 0 aromatic heterocycles. The Kier molecular flexibility index (Phi) is 2.16. The van der Waals surface area contributed by atoms with E-state index >= 15 is 0 Å². The van der Waals surface area contributed by atoms with E-state index in [4.69, 9.17) is 0 Å². The molecule has 0 radical (unpaired) electrons. The summed E-state index contributed by atoms with van der Waals surface area (Å²) in [4.78, 5) is 5.17. The van der Waals surface area contributed by atoms with Gasteiger partial charge >= 0.3 is 0 Å². The molecule has 0 aliphatic carbocycles. The zero-order valence-corrected chi connectivity index (χ0v) is 9.38. The van der Waals surface area contributed by atoms with Crippen molar-refractivity contribution < 1.29 is 0 Å². The lowest BCUT2D eigenvalue weighted by Crippen LogP contribution is -2.41. The second-order valence-electron chi connectivity index (χ2n) is 5.45. The Hall–Kier alpha value is -0.0800. The van der Waals surface area contributed by atoms with Crippen molar-refractivity contribution in [2.24, 2.45) is 5.41 Å². The number of nitrogens with zero attached hydrogens (tertiary/aromatic N) is 2. The van der Waals surface area contributed by atoms with E-state index in [1.807, 2.05) is 0 Å². The monoisotopic (exact) mass is 182 g/mol. The van der Waals surface area contributed by atoms with Crippen molar-refractivity contribution in [3.63, 3.8) is 0 Å². The summed E-state index contributed by atoms with van der Waals surface area (Å²) in [5, 5.41) is 0. The molecule has 2 unspecified atom stereocenters. The van der Waals surface area contributed by atoms with Gasteiger partial charge in [0.1, 0.15) is 0 Å². The molecule has 0 amide bonds. The zero-order valence-electron chi connectivity index (χ0n) is 9.38. The highest BCUT2D eigenvalue weighted by Gasteiger charge is 2.49. The first-order valence-electron chi connectivity index (χ1n) is 5.47. The third-order valence-corrected chi connectivity index (χ3v) is 3.92. The summed E-state index contributed by atoms with van der Waals surface area (Å²) < 4.78 is 0. The molecule has 13 heavy (non-hydrogen) atoms. The number of likely N-dealkylation sites (N-methyl/N-ethyl adjacent to an activating group) is 1. The maximum atomic E-state index is 2.68. The summed E-state index contributed by atoms with van der Waals surface area (Å²) >= 11 is 0. The molecule has 0 bridgehead atoms. The molecule has 2 rings (SSSR count). The fourth-order valence-corrected chi connectivity index (χ4v) is 3.21. The summed E-state index contributed by atoms with van der Waals surface area (Å²) in [5.74, 6) is 0. The summed E-state index contributed by atoms with van der Waals surface area (Å²) in [7, 11) is 2.25. The van der Waals surface area contributed by atoms with Gasteiger partial charge in [-0.2, -0.15) is 0 Å². The molecule has 2 atom stereocenters. The third-order valence-electron chi connectivity index (χ3n) is 3.92. The molecule has 2 heterocycles. The topological polar surface area (TPSA) is 6.48 Å². The largest absolute Gasteiger partial charge is 0.304 e. The molecule has 2 heteroatoms. The van der Waals surface area contributed by atoms with Gasteiger partial charge in [0.2, 0.25) is 0 Å². The Morgan fingerprint density at radius 1 is 1.38 bits per heavy atom. The Balaban J connectivity index is 2.15. The molecule has 0 aromatic carbocycles. The first kappa shape index (κ1) is 9.47. The van der Waals surface area contributed by atoms with Crippen LogP contribution in [0.3, 0.4) is 0 Å². The maximum Gasteiger partial charge on any atom is 0.0292 e. The second kappa shape index (κ2) is 2.96. The van der Waals surface area contributed by atoms with Crippen molar-refractivity contribution in [2.45, 2.75) is 39.3 Å². The zero-order chi connectivity index (χ0) is 9.64. The van der Waals surface area contributed by atoms with Crippen LogP contribution in [-0.2, 0) is 0 Å². The highest BCUT2D eigenvalue weighted by Crippen LogP contribution is 2.42. The van der Waals surface area contributed by atoms with E-state index in [9.17, 15) is 0 Å². The SMILES string of the molecule is CC(C)N1CCC2(C)CN(C)CC12. The lowest BCUT2D eigenvalue weighted by Gasteiger charge is -2.30. The van der Waals surface area contributed by atoms with Gasteiger partial charge in [0.25, 0.3) is 0 Å². The summed E-state index contributed by atoms with van der Waals surface area (Å²) in [6.45, 7) is 11.0. The molecule has 2 fully saturated rings. The van der Waals surface area contributed by atoms with Crippen molar-refractivity contribution in [1.29, 1.82) is 0 Å². The van der Waals surface area contributed by atoms with Crippen LogP contribution in [0.1, 0.15) is 27.2 Å². The lowest BCUT2D eigenvalue weighted by atomic mass is 9.85. The van der Waals surface area contributed by atoms with E-state index in [0.29, 0.717) is 5.41 Å². The molecule has 2 aliphatic rings. The highest BCUT2D eigenvalue weighted by molar-refractivity contribution is 5.04. The van der Waals surface area contributed by atoms with Crippen LogP contribution < -0.4 is 0 Å². The van der Waals surface area contributed by atoms with Gasteiger partial charge in [-0.25, -0.2) is 0 Å². The molecule has 76 valence electrons. The quantitative estimate of drug-likeness (QED) is 0.605. The Bertz CT molecular complexity index is 202. The fraction of sp³-hybridized carbons (Fsp3) is 1.00. The van der Waals surface area contributed by atoms with Crippen LogP contribution >= 0.6 is 0 Å². The predicted molar refractivity (Wildman–Crippen MR) is 55.9 cm³/mol. The van der Waals surface area contributed by atoms with Crippen LogP contribution in [-0.4, -0.2) is 48.6 Å². The van der Waals surface area contributed by atoms with Crippen LogP contribution in [0.5, 0.6) is 0 Å². The van der Waals surface area contributed by atoms with Crippen molar-refractivity contribution in [1.82, 2.24) is 9.80 Å². The van der Waals surface area contributed by atoms with E-state index in [1.54, 1.807) is 0 Å². The standard InChI is InChI=1S/C11H22N2/c1-9(2)13-6-5-11(3)8-12(4)7-10(11)13/h9-10H,5-8H2,1-4H3. The van der Waals surface area contributed by atoms with E-state index in [0.717, 1.165) is 12.1 Å². The third kappa shape index (κ3) is 1.40. The van der Waals surface area contributed by atoms with Gasteiger partial charge in [-0.05, 0) is 39.3 Å². The minimum Gasteiger partial charge on any atom is -0.304 e. The molecule has 0 N–H and O–H groups in total. The van der Waals surface area contributed by atoms with Crippen LogP contribution in [0.25, 0.3) is 0 Å². The van der Waals surface area contributed by atoms with Gasteiger partial charge in [-0.3, -0.25) is 4.90 Å². The average molecular weight is 182 g/mol. The first-order valence-corrected chi connectivity index (χ1v) is 5.47. The van der Waals surface area contributed by atoms with E-state index in [1.165, 1.54) is 26.1 Å². The minimum absolute atomic E-state index is 0.582. The van der Waals surface area contributed by atoms with Crippen LogP contribution in [0.15, 0.2) is 0 Å². The van der Waals surface area contributed by atoms with Crippen molar-refractivity contribution in [3.05, 3.63) is 0 Å².